The van der Waals surface area contributed by atoms with Crippen molar-refractivity contribution in [3.05, 3.63) is 62.6 Å². The Balaban J connectivity index is 2.28. The lowest BCUT2D eigenvalue weighted by molar-refractivity contribution is 0.102. The Bertz CT molecular complexity index is 640. The molecule has 0 aliphatic carbocycles. The molecule has 98 valence electrons. The third-order valence-electron chi connectivity index (χ3n) is 2.82. The van der Waals surface area contributed by atoms with Gasteiger partial charge in [0.15, 0.2) is 0 Å². The van der Waals surface area contributed by atoms with Crippen molar-refractivity contribution in [2.75, 3.05) is 5.32 Å². The Hall–Kier alpha value is -1.32. The molecule has 0 aromatic heterocycles. The molecule has 1 amide bonds. The van der Waals surface area contributed by atoms with E-state index in [2.05, 4.69) is 21.2 Å². The summed E-state index contributed by atoms with van der Waals surface area (Å²) in [6, 6.07) is 11.1. The van der Waals surface area contributed by atoms with Crippen LogP contribution < -0.4 is 5.32 Å². The van der Waals surface area contributed by atoms with E-state index in [1.807, 2.05) is 38.1 Å². The summed E-state index contributed by atoms with van der Waals surface area (Å²) >= 11 is 9.48. The molecule has 0 radical (unpaired) electrons. The molecule has 2 rings (SSSR count). The number of carbonyl (C=O) groups is 1. The smallest absolute Gasteiger partial charge is 0.257 e. The zero-order valence-electron chi connectivity index (χ0n) is 10.6. The minimum atomic E-state index is -0.203. The molecule has 0 aliphatic rings. The van der Waals surface area contributed by atoms with Crippen molar-refractivity contribution in [3.8, 4) is 0 Å². The third-order valence-corrected chi connectivity index (χ3v) is 3.62. The van der Waals surface area contributed by atoms with E-state index in [-0.39, 0.29) is 5.91 Å². The summed E-state index contributed by atoms with van der Waals surface area (Å²) in [5.74, 6) is -0.203. The van der Waals surface area contributed by atoms with Crippen LogP contribution in [-0.2, 0) is 0 Å². The molecule has 0 atom stereocenters. The highest BCUT2D eigenvalue weighted by atomic mass is 79.9. The molecule has 2 nitrogen and oxygen atoms in total. The number of benzene rings is 2. The number of halogens is 2. The van der Waals surface area contributed by atoms with Gasteiger partial charge in [-0.2, -0.15) is 0 Å². The van der Waals surface area contributed by atoms with E-state index < -0.39 is 0 Å². The van der Waals surface area contributed by atoms with Gasteiger partial charge >= 0.3 is 0 Å². The second-order valence-corrected chi connectivity index (χ2v) is 5.72. The molecule has 0 spiro atoms. The monoisotopic (exact) mass is 337 g/mol. The predicted molar refractivity (Wildman–Crippen MR) is 83.0 cm³/mol. The lowest BCUT2D eigenvalue weighted by atomic mass is 10.1. The van der Waals surface area contributed by atoms with Crippen LogP contribution in [0.1, 0.15) is 21.5 Å². The molecule has 0 saturated heterocycles. The van der Waals surface area contributed by atoms with Crippen molar-refractivity contribution in [1.29, 1.82) is 0 Å². The molecule has 1 N–H and O–H groups in total. The maximum atomic E-state index is 12.2. The molecule has 2 aromatic carbocycles. The first-order chi connectivity index (χ1) is 8.97. The van der Waals surface area contributed by atoms with Gasteiger partial charge in [-0.25, -0.2) is 0 Å². The lowest BCUT2D eigenvalue weighted by Crippen LogP contribution is -2.13. The number of anilines is 1. The maximum Gasteiger partial charge on any atom is 0.257 e. The predicted octanol–water partition coefficient (Wildman–Crippen LogP) is 4.97. The van der Waals surface area contributed by atoms with Gasteiger partial charge in [0.05, 0.1) is 10.6 Å². The van der Waals surface area contributed by atoms with Gasteiger partial charge in [-0.05, 0) is 49.2 Å². The number of carbonyl (C=O) groups excluding carboxylic acids is 1. The van der Waals surface area contributed by atoms with E-state index in [0.29, 0.717) is 10.6 Å². The Morgan fingerprint density at radius 3 is 2.58 bits per heavy atom. The van der Waals surface area contributed by atoms with Gasteiger partial charge in [0.25, 0.3) is 5.91 Å². The molecule has 0 bridgehead atoms. The summed E-state index contributed by atoms with van der Waals surface area (Å²) in [5, 5.41) is 3.34. The van der Waals surface area contributed by atoms with Crippen LogP contribution in [-0.4, -0.2) is 5.91 Å². The zero-order chi connectivity index (χ0) is 14.0. The third kappa shape index (κ3) is 3.37. The van der Waals surface area contributed by atoms with E-state index in [1.165, 1.54) is 0 Å². The summed E-state index contributed by atoms with van der Waals surface area (Å²) in [5.41, 5.74) is 3.28. The minimum absolute atomic E-state index is 0.203. The molecule has 4 heteroatoms. The number of rotatable bonds is 2. The molecule has 0 heterocycles. The maximum absolute atomic E-state index is 12.2. The van der Waals surface area contributed by atoms with E-state index in [4.69, 9.17) is 11.6 Å². The zero-order valence-corrected chi connectivity index (χ0v) is 13.0. The lowest BCUT2D eigenvalue weighted by Gasteiger charge is -2.10. The standard InChI is InChI=1S/C15H13BrClNO/c1-9-3-6-12(13(17)7-9)15(19)18-14-8-11(16)5-4-10(14)2/h3-8H,1-2H3,(H,18,19). The molecular formula is C15H13BrClNO. The molecule has 0 fully saturated rings. The van der Waals surface area contributed by atoms with Gasteiger partial charge in [0, 0.05) is 10.2 Å². The van der Waals surface area contributed by atoms with E-state index in [9.17, 15) is 4.79 Å². The summed E-state index contributed by atoms with van der Waals surface area (Å²) in [6.45, 7) is 3.88. The number of aryl methyl sites for hydroxylation is 2. The van der Waals surface area contributed by atoms with Crippen molar-refractivity contribution >= 4 is 39.1 Å². The second-order valence-electron chi connectivity index (χ2n) is 4.40. The molecule has 19 heavy (non-hydrogen) atoms. The van der Waals surface area contributed by atoms with Gasteiger partial charge in [0.2, 0.25) is 0 Å². The largest absolute Gasteiger partial charge is 0.322 e. The van der Waals surface area contributed by atoms with Crippen LogP contribution in [0, 0.1) is 13.8 Å². The van der Waals surface area contributed by atoms with E-state index in [1.54, 1.807) is 12.1 Å². The summed E-state index contributed by atoms with van der Waals surface area (Å²) in [6.07, 6.45) is 0. The quantitative estimate of drug-likeness (QED) is 0.823. The van der Waals surface area contributed by atoms with Crippen LogP contribution in [0.25, 0.3) is 0 Å². The average molecular weight is 339 g/mol. The van der Waals surface area contributed by atoms with Crippen molar-refractivity contribution in [3.63, 3.8) is 0 Å². The van der Waals surface area contributed by atoms with Crippen molar-refractivity contribution in [2.45, 2.75) is 13.8 Å². The van der Waals surface area contributed by atoms with Gasteiger partial charge in [-0.15, -0.1) is 0 Å². The number of nitrogens with one attached hydrogen (secondary N) is 1. The highest BCUT2D eigenvalue weighted by Gasteiger charge is 2.11. The van der Waals surface area contributed by atoms with Crippen molar-refractivity contribution < 1.29 is 4.79 Å². The van der Waals surface area contributed by atoms with E-state index >= 15 is 0 Å². The van der Waals surface area contributed by atoms with Crippen LogP contribution in [0.3, 0.4) is 0 Å². The fourth-order valence-corrected chi connectivity index (χ4v) is 2.40. The Morgan fingerprint density at radius 1 is 1.16 bits per heavy atom. The highest BCUT2D eigenvalue weighted by Crippen LogP contribution is 2.23. The van der Waals surface area contributed by atoms with E-state index in [0.717, 1.165) is 21.3 Å². The molecular weight excluding hydrogens is 326 g/mol. The SMILES string of the molecule is Cc1ccc(C(=O)Nc2cc(Br)ccc2C)c(Cl)c1. The first kappa shape index (κ1) is 14.1. The Kier molecular flexibility index (Phi) is 4.27. The van der Waals surface area contributed by atoms with Crippen LogP contribution in [0.4, 0.5) is 5.69 Å². The fourth-order valence-electron chi connectivity index (χ4n) is 1.72. The number of amides is 1. The van der Waals surface area contributed by atoms with Crippen molar-refractivity contribution in [1.82, 2.24) is 0 Å². The van der Waals surface area contributed by atoms with Crippen LogP contribution in [0.15, 0.2) is 40.9 Å². The van der Waals surface area contributed by atoms with Crippen LogP contribution in [0.5, 0.6) is 0 Å². The van der Waals surface area contributed by atoms with Crippen molar-refractivity contribution in [2.24, 2.45) is 0 Å². The molecule has 0 unspecified atom stereocenters. The summed E-state index contributed by atoms with van der Waals surface area (Å²) in [4.78, 5) is 12.2. The molecule has 2 aromatic rings. The highest BCUT2D eigenvalue weighted by molar-refractivity contribution is 9.10. The van der Waals surface area contributed by atoms with Gasteiger partial charge in [0.1, 0.15) is 0 Å². The Morgan fingerprint density at radius 2 is 1.89 bits per heavy atom. The van der Waals surface area contributed by atoms with Crippen LogP contribution >= 0.6 is 27.5 Å². The topological polar surface area (TPSA) is 29.1 Å². The first-order valence-electron chi connectivity index (χ1n) is 5.81. The second kappa shape index (κ2) is 5.76. The number of hydrogen-bond acceptors (Lipinski definition) is 1. The summed E-state index contributed by atoms with van der Waals surface area (Å²) in [7, 11) is 0. The average Bonchev–Trinajstić information content (AvgIpc) is 2.33. The Labute approximate surface area is 125 Å². The summed E-state index contributed by atoms with van der Waals surface area (Å²) < 4.78 is 0.920. The van der Waals surface area contributed by atoms with Crippen LogP contribution in [0.2, 0.25) is 5.02 Å². The molecule has 0 aliphatic heterocycles. The number of hydrogen-bond donors (Lipinski definition) is 1. The normalized spacial score (nSPS) is 10.3. The fraction of sp³-hybridized carbons (Fsp3) is 0.133. The van der Waals surface area contributed by atoms with Gasteiger partial charge in [-0.1, -0.05) is 39.7 Å². The van der Waals surface area contributed by atoms with Gasteiger partial charge < -0.3 is 5.32 Å². The first-order valence-corrected chi connectivity index (χ1v) is 6.98. The van der Waals surface area contributed by atoms with Gasteiger partial charge in [-0.3, -0.25) is 4.79 Å². The minimum Gasteiger partial charge on any atom is -0.322 e. The molecule has 0 saturated carbocycles.